The smallest absolute Gasteiger partial charge is 0.325 e. The van der Waals surface area contributed by atoms with Crippen LogP contribution in [0.3, 0.4) is 0 Å². The molecule has 16 heavy (non-hydrogen) atoms. The van der Waals surface area contributed by atoms with Crippen LogP contribution in [0.4, 0.5) is 10.1 Å². The molecule has 0 aliphatic carbocycles. The Morgan fingerprint density at radius 3 is 2.75 bits per heavy atom. The quantitative estimate of drug-likeness (QED) is 0.735. The van der Waals surface area contributed by atoms with Crippen LogP contribution in [0.15, 0.2) is 18.2 Å². The van der Waals surface area contributed by atoms with Crippen molar-refractivity contribution in [2.75, 3.05) is 25.1 Å². The van der Waals surface area contributed by atoms with Gasteiger partial charge in [0.15, 0.2) is 0 Å². The number of hydrogen-bond acceptors (Lipinski definition) is 3. The number of esters is 1. The summed E-state index contributed by atoms with van der Waals surface area (Å²) in [5, 5.41) is 0. The van der Waals surface area contributed by atoms with Gasteiger partial charge in [0.05, 0.1) is 6.61 Å². The van der Waals surface area contributed by atoms with Gasteiger partial charge in [-0.3, -0.25) is 4.79 Å². The zero-order valence-electron chi connectivity index (χ0n) is 9.79. The van der Waals surface area contributed by atoms with E-state index < -0.39 is 0 Å². The number of ether oxygens (including phenoxy) is 1. The molecule has 0 saturated heterocycles. The summed E-state index contributed by atoms with van der Waals surface area (Å²) >= 11 is 0. The van der Waals surface area contributed by atoms with Crippen LogP contribution in [0.5, 0.6) is 0 Å². The first-order valence-corrected chi connectivity index (χ1v) is 5.17. The SMILES string of the molecule is CCOC(=O)CN(C)c1ccc(C)c(F)c1. The van der Waals surface area contributed by atoms with Crippen molar-refractivity contribution in [3.05, 3.63) is 29.6 Å². The molecule has 0 fully saturated rings. The fourth-order valence-corrected chi connectivity index (χ4v) is 1.31. The minimum atomic E-state index is -0.314. The van der Waals surface area contributed by atoms with Gasteiger partial charge in [-0.05, 0) is 31.5 Å². The fraction of sp³-hybridized carbons (Fsp3) is 0.417. The van der Waals surface area contributed by atoms with Crippen molar-refractivity contribution in [3.8, 4) is 0 Å². The molecule has 0 saturated carbocycles. The van der Waals surface area contributed by atoms with Crippen molar-refractivity contribution in [1.82, 2.24) is 0 Å². The summed E-state index contributed by atoms with van der Waals surface area (Å²) in [5.74, 6) is -0.584. The van der Waals surface area contributed by atoms with E-state index in [4.69, 9.17) is 4.74 Å². The lowest BCUT2D eigenvalue weighted by Gasteiger charge is -2.18. The van der Waals surface area contributed by atoms with Gasteiger partial charge in [0.25, 0.3) is 0 Å². The monoisotopic (exact) mass is 225 g/mol. The summed E-state index contributed by atoms with van der Waals surface area (Å²) in [7, 11) is 1.72. The van der Waals surface area contributed by atoms with E-state index in [2.05, 4.69) is 0 Å². The lowest BCUT2D eigenvalue weighted by molar-refractivity contribution is -0.141. The first-order valence-electron chi connectivity index (χ1n) is 5.17. The third-order valence-electron chi connectivity index (χ3n) is 2.27. The van der Waals surface area contributed by atoms with Gasteiger partial charge in [-0.25, -0.2) is 4.39 Å². The van der Waals surface area contributed by atoms with E-state index in [1.54, 1.807) is 37.9 Å². The molecule has 0 spiro atoms. The molecule has 1 aromatic rings. The Kier molecular flexibility index (Phi) is 4.28. The highest BCUT2D eigenvalue weighted by molar-refractivity contribution is 5.75. The number of carbonyl (C=O) groups is 1. The highest BCUT2D eigenvalue weighted by Gasteiger charge is 2.09. The van der Waals surface area contributed by atoms with Gasteiger partial charge in [0, 0.05) is 12.7 Å². The Labute approximate surface area is 94.8 Å². The molecule has 1 rings (SSSR count). The Hall–Kier alpha value is -1.58. The van der Waals surface area contributed by atoms with Gasteiger partial charge < -0.3 is 9.64 Å². The van der Waals surface area contributed by atoms with E-state index in [9.17, 15) is 9.18 Å². The van der Waals surface area contributed by atoms with E-state index in [-0.39, 0.29) is 18.3 Å². The maximum absolute atomic E-state index is 13.3. The average Bonchev–Trinajstić information content (AvgIpc) is 2.22. The highest BCUT2D eigenvalue weighted by Crippen LogP contribution is 2.16. The van der Waals surface area contributed by atoms with E-state index in [1.807, 2.05) is 0 Å². The van der Waals surface area contributed by atoms with E-state index in [1.165, 1.54) is 6.07 Å². The largest absolute Gasteiger partial charge is 0.465 e. The van der Waals surface area contributed by atoms with Crippen LogP contribution in [0.25, 0.3) is 0 Å². The van der Waals surface area contributed by atoms with Crippen molar-refractivity contribution in [2.24, 2.45) is 0 Å². The minimum Gasteiger partial charge on any atom is -0.465 e. The summed E-state index contributed by atoms with van der Waals surface area (Å²) in [6.07, 6.45) is 0. The number of halogens is 1. The molecule has 0 unspecified atom stereocenters. The zero-order chi connectivity index (χ0) is 12.1. The molecule has 0 aliphatic rings. The van der Waals surface area contributed by atoms with Crippen molar-refractivity contribution < 1.29 is 13.9 Å². The summed E-state index contributed by atoms with van der Waals surface area (Å²) < 4.78 is 18.1. The van der Waals surface area contributed by atoms with Gasteiger partial charge >= 0.3 is 5.97 Å². The standard InChI is InChI=1S/C12H16FNO2/c1-4-16-12(15)8-14(3)10-6-5-9(2)11(13)7-10/h5-7H,4,8H2,1-3H3. The summed E-state index contributed by atoms with van der Waals surface area (Å²) in [6, 6.07) is 4.87. The number of benzene rings is 1. The van der Waals surface area contributed by atoms with Crippen LogP contribution in [0.2, 0.25) is 0 Å². The third-order valence-corrected chi connectivity index (χ3v) is 2.27. The first-order chi connectivity index (χ1) is 7.54. The number of aryl methyl sites for hydroxylation is 1. The van der Waals surface area contributed by atoms with Crippen LogP contribution < -0.4 is 4.90 Å². The molecule has 0 N–H and O–H groups in total. The van der Waals surface area contributed by atoms with E-state index >= 15 is 0 Å². The second-order valence-corrected chi connectivity index (χ2v) is 3.59. The summed E-state index contributed by atoms with van der Waals surface area (Å²) in [6.45, 7) is 3.93. The molecular weight excluding hydrogens is 209 g/mol. The molecule has 3 nitrogen and oxygen atoms in total. The molecule has 0 atom stereocenters. The van der Waals surface area contributed by atoms with Crippen molar-refractivity contribution in [2.45, 2.75) is 13.8 Å². The topological polar surface area (TPSA) is 29.5 Å². The average molecular weight is 225 g/mol. The summed E-state index contributed by atoms with van der Waals surface area (Å²) in [5.41, 5.74) is 1.25. The number of anilines is 1. The Bertz CT molecular complexity index is 379. The van der Waals surface area contributed by atoms with Crippen molar-refractivity contribution in [1.29, 1.82) is 0 Å². The molecule has 0 aromatic heterocycles. The maximum atomic E-state index is 13.3. The highest BCUT2D eigenvalue weighted by atomic mass is 19.1. The fourth-order valence-electron chi connectivity index (χ4n) is 1.31. The molecular formula is C12H16FNO2. The van der Waals surface area contributed by atoms with Crippen LogP contribution in [0, 0.1) is 12.7 Å². The van der Waals surface area contributed by atoms with Gasteiger partial charge in [-0.15, -0.1) is 0 Å². The lowest BCUT2D eigenvalue weighted by Crippen LogP contribution is -2.27. The Morgan fingerprint density at radius 2 is 2.19 bits per heavy atom. The molecule has 0 bridgehead atoms. The molecule has 88 valence electrons. The number of carbonyl (C=O) groups excluding carboxylic acids is 1. The number of hydrogen-bond donors (Lipinski definition) is 0. The van der Waals surface area contributed by atoms with Crippen molar-refractivity contribution in [3.63, 3.8) is 0 Å². The van der Waals surface area contributed by atoms with Gasteiger partial charge in [-0.2, -0.15) is 0 Å². The summed E-state index contributed by atoms with van der Waals surface area (Å²) in [4.78, 5) is 12.9. The third kappa shape index (κ3) is 3.22. The Morgan fingerprint density at radius 1 is 1.50 bits per heavy atom. The molecule has 0 amide bonds. The van der Waals surface area contributed by atoms with Crippen LogP contribution >= 0.6 is 0 Å². The van der Waals surface area contributed by atoms with E-state index in [0.717, 1.165) is 0 Å². The van der Waals surface area contributed by atoms with Crippen LogP contribution in [-0.4, -0.2) is 26.2 Å². The van der Waals surface area contributed by atoms with Crippen molar-refractivity contribution >= 4 is 11.7 Å². The molecule has 0 heterocycles. The van der Waals surface area contributed by atoms with Gasteiger partial charge in [0.2, 0.25) is 0 Å². The zero-order valence-corrected chi connectivity index (χ0v) is 9.79. The van der Waals surface area contributed by atoms with E-state index in [0.29, 0.717) is 17.9 Å². The number of likely N-dealkylation sites (N-methyl/N-ethyl adjacent to an activating group) is 1. The predicted molar refractivity (Wildman–Crippen MR) is 61.0 cm³/mol. The normalized spacial score (nSPS) is 10.0. The first kappa shape index (κ1) is 12.5. The maximum Gasteiger partial charge on any atom is 0.325 e. The number of rotatable bonds is 4. The molecule has 4 heteroatoms. The Balaban J connectivity index is 2.69. The lowest BCUT2D eigenvalue weighted by atomic mass is 10.2. The van der Waals surface area contributed by atoms with Crippen LogP contribution in [-0.2, 0) is 9.53 Å². The van der Waals surface area contributed by atoms with Gasteiger partial charge in [-0.1, -0.05) is 6.07 Å². The predicted octanol–water partition coefficient (Wildman–Crippen LogP) is 2.13. The second-order valence-electron chi connectivity index (χ2n) is 3.59. The minimum absolute atomic E-state index is 0.121. The molecule has 0 aliphatic heterocycles. The van der Waals surface area contributed by atoms with Gasteiger partial charge in [0.1, 0.15) is 12.4 Å². The second kappa shape index (κ2) is 5.49. The van der Waals surface area contributed by atoms with Crippen LogP contribution in [0.1, 0.15) is 12.5 Å². The number of nitrogens with zero attached hydrogens (tertiary/aromatic N) is 1. The molecule has 0 radical (unpaired) electrons. The molecule has 1 aromatic carbocycles.